The van der Waals surface area contributed by atoms with Gasteiger partial charge in [0, 0.05) is 13.0 Å². The molecule has 0 heterocycles. The van der Waals surface area contributed by atoms with E-state index in [2.05, 4.69) is 19.2 Å². The van der Waals surface area contributed by atoms with Crippen LogP contribution in [0, 0.1) is 5.92 Å². The Morgan fingerprint density at radius 2 is 1.83 bits per heavy atom. The van der Waals surface area contributed by atoms with Crippen molar-refractivity contribution in [1.82, 2.24) is 5.32 Å². The number of unbranched alkanes of at least 4 members (excludes halogenated alkanes) is 1. The Morgan fingerprint density at radius 3 is 2.43 bits per heavy atom. The molecule has 0 aliphatic heterocycles. The third kappa shape index (κ3) is 8.48. The summed E-state index contributed by atoms with van der Waals surface area (Å²) in [7, 11) is 1.64. The highest BCUT2D eigenvalue weighted by Crippen LogP contribution is 2.17. The maximum Gasteiger partial charge on any atom is 0.220 e. The molecule has 0 saturated heterocycles. The minimum Gasteiger partial charge on any atom is -0.497 e. The van der Waals surface area contributed by atoms with Crippen molar-refractivity contribution in [2.45, 2.75) is 52.4 Å². The lowest BCUT2D eigenvalue weighted by atomic mass is 9.99. The SMILES string of the molecule is CCCC[C@H](CC)CNC(=O)CCCOc1ccc(OC)cc1. The van der Waals surface area contributed by atoms with Crippen molar-refractivity contribution in [3.05, 3.63) is 24.3 Å². The molecule has 1 aromatic rings. The van der Waals surface area contributed by atoms with Crippen LogP contribution in [-0.2, 0) is 4.79 Å². The molecule has 23 heavy (non-hydrogen) atoms. The van der Waals surface area contributed by atoms with E-state index in [1.165, 1.54) is 19.3 Å². The first-order valence-corrected chi connectivity index (χ1v) is 8.73. The second kappa shape index (κ2) is 11.8. The first kappa shape index (κ1) is 19.3. The molecule has 0 saturated carbocycles. The normalized spacial score (nSPS) is 11.8. The summed E-state index contributed by atoms with van der Waals surface area (Å²) in [5.74, 6) is 2.34. The van der Waals surface area contributed by atoms with Crippen LogP contribution in [0.4, 0.5) is 0 Å². The lowest BCUT2D eigenvalue weighted by Crippen LogP contribution is -2.29. The number of carbonyl (C=O) groups is 1. The highest BCUT2D eigenvalue weighted by Gasteiger charge is 2.08. The molecule has 1 rings (SSSR count). The zero-order valence-electron chi connectivity index (χ0n) is 14.8. The number of carbonyl (C=O) groups excluding carboxylic acids is 1. The fourth-order valence-corrected chi connectivity index (χ4v) is 2.38. The fraction of sp³-hybridized carbons (Fsp3) is 0.632. The van der Waals surface area contributed by atoms with Gasteiger partial charge in [-0.2, -0.15) is 0 Å². The van der Waals surface area contributed by atoms with Crippen molar-refractivity contribution in [1.29, 1.82) is 0 Å². The number of hydrogen-bond donors (Lipinski definition) is 1. The molecule has 0 spiro atoms. The van der Waals surface area contributed by atoms with E-state index in [1.54, 1.807) is 7.11 Å². The monoisotopic (exact) mass is 321 g/mol. The van der Waals surface area contributed by atoms with Crippen LogP contribution in [0.5, 0.6) is 11.5 Å². The van der Waals surface area contributed by atoms with E-state index in [1.807, 2.05) is 24.3 Å². The first-order valence-electron chi connectivity index (χ1n) is 8.73. The first-order chi connectivity index (χ1) is 11.2. The summed E-state index contributed by atoms with van der Waals surface area (Å²) >= 11 is 0. The molecule has 0 aromatic heterocycles. The number of amides is 1. The summed E-state index contributed by atoms with van der Waals surface area (Å²) in [6.45, 7) is 5.74. The molecule has 1 amide bonds. The molecule has 0 aliphatic rings. The van der Waals surface area contributed by atoms with Gasteiger partial charge in [-0.3, -0.25) is 4.79 Å². The molecule has 4 nitrogen and oxygen atoms in total. The average Bonchev–Trinajstić information content (AvgIpc) is 2.59. The molecule has 0 aliphatic carbocycles. The van der Waals surface area contributed by atoms with Crippen LogP contribution in [0.1, 0.15) is 52.4 Å². The van der Waals surface area contributed by atoms with Gasteiger partial charge in [0.15, 0.2) is 0 Å². The molecule has 130 valence electrons. The van der Waals surface area contributed by atoms with Crippen LogP contribution in [-0.4, -0.2) is 26.2 Å². The van der Waals surface area contributed by atoms with E-state index in [-0.39, 0.29) is 5.91 Å². The van der Waals surface area contributed by atoms with Crippen molar-refractivity contribution in [3.63, 3.8) is 0 Å². The Balaban J connectivity index is 2.13. The maximum atomic E-state index is 11.8. The Bertz CT molecular complexity index is 431. The van der Waals surface area contributed by atoms with Crippen molar-refractivity contribution in [2.75, 3.05) is 20.3 Å². The highest BCUT2D eigenvalue weighted by atomic mass is 16.5. The van der Waals surface area contributed by atoms with E-state index < -0.39 is 0 Å². The summed E-state index contributed by atoms with van der Waals surface area (Å²) < 4.78 is 10.7. The molecular formula is C19H31NO3. The third-order valence-corrected chi connectivity index (χ3v) is 4.01. The topological polar surface area (TPSA) is 47.6 Å². The Morgan fingerprint density at radius 1 is 1.13 bits per heavy atom. The number of hydrogen-bond acceptors (Lipinski definition) is 3. The quantitative estimate of drug-likeness (QED) is 0.587. The predicted octanol–water partition coefficient (Wildman–Crippen LogP) is 4.19. The van der Waals surface area contributed by atoms with Gasteiger partial charge in [-0.15, -0.1) is 0 Å². The van der Waals surface area contributed by atoms with Crippen LogP contribution in [0.25, 0.3) is 0 Å². The van der Waals surface area contributed by atoms with Crippen molar-refractivity contribution >= 4 is 5.91 Å². The number of methoxy groups -OCH3 is 1. The van der Waals surface area contributed by atoms with E-state index in [0.29, 0.717) is 18.9 Å². The van der Waals surface area contributed by atoms with Gasteiger partial charge in [-0.1, -0.05) is 33.1 Å². The van der Waals surface area contributed by atoms with Gasteiger partial charge < -0.3 is 14.8 Å². The van der Waals surface area contributed by atoms with E-state index in [4.69, 9.17) is 9.47 Å². The van der Waals surface area contributed by atoms with Gasteiger partial charge in [-0.25, -0.2) is 0 Å². The zero-order chi connectivity index (χ0) is 16.9. The summed E-state index contributed by atoms with van der Waals surface area (Å²) in [5, 5.41) is 3.05. The molecule has 0 fully saturated rings. The van der Waals surface area contributed by atoms with E-state index in [9.17, 15) is 4.79 Å². The Labute approximate surface area is 140 Å². The minimum atomic E-state index is 0.123. The van der Waals surface area contributed by atoms with E-state index in [0.717, 1.165) is 30.9 Å². The second-order valence-electron chi connectivity index (χ2n) is 5.85. The van der Waals surface area contributed by atoms with Gasteiger partial charge in [0.25, 0.3) is 0 Å². The number of benzene rings is 1. The summed E-state index contributed by atoms with van der Waals surface area (Å²) in [6, 6.07) is 7.48. The standard InChI is InChI=1S/C19H31NO3/c1-4-6-8-16(5-2)15-20-19(21)9-7-14-23-18-12-10-17(22-3)11-13-18/h10-13,16H,4-9,14-15H2,1-3H3,(H,20,21)/t16-/m0/s1. The molecule has 0 unspecified atom stereocenters. The molecular weight excluding hydrogens is 290 g/mol. The van der Waals surface area contributed by atoms with E-state index >= 15 is 0 Å². The van der Waals surface area contributed by atoms with Crippen molar-refractivity contribution < 1.29 is 14.3 Å². The zero-order valence-corrected chi connectivity index (χ0v) is 14.8. The Kier molecular flexibility index (Phi) is 9.92. The van der Waals surface area contributed by atoms with Crippen LogP contribution < -0.4 is 14.8 Å². The second-order valence-corrected chi connectivity index (χ2v) is 5.85. The summed E-state index contributed by atoms with van der Waals surface area (Å²) in [5.41, 5.74) is 0. The van der Waals surface area contributed by atoms with Crippen LogP contribution in [0.15, 0.2) is 24.3 Å². The van der Waals surface area contributed by atoms with Gasteiger partial charge >= 0.3 is 0 Å². The van der Waals surface area contributed by atoms with Gasteiger partial charge in [0.1, 0.15) is 11.5 Å². The average molecular weight is 321 g/mol. The smallest absolute Gasteiger partial charge is 0.220 e. The molecule has 1 N–H and O–H groups in total. The largest absolute Gasteiger partial charge is 0.497 e. The molecule has 1 atom stereocenters. The molecule has 1 aromatic carbocycles. The predicted molar refractivity (Wildman–Crippen MR) is 94.0 cm³/mol. The number of rotatable bonds is 12. The molecule has 0 radical (unpaired) electrons. The maximum absolute atomic E-state index is 11.8. The fourth-order valence-electron chi connectivity index (χ4n) is 2.38. The summed E-state index contributed by atoms with van der Waals surface area (Å²) in [6.07, 6.45) is 6.02. The van der Waals surface area contributed by atoms with Gasteiger partial charge in [0.2, 0.25) is 5.91 Å². The van der Waals surface area contributed by atoms with Gasteiger partial charge in [-0.05, 0) is 43.0 Å². The number of nitrogens with one attached hydrogen (secondary N) is 1. The minimum absolute atomic E-state index is 0.123. The third-order valence-electron chi connectivity index (χ3n) is 4.01. The Hall–Kier alpha value is -1.71. The summed E-state index contributed by atoms with van der Waals surface area (Å²) in [4.78, 5) is 11.8. The lowest BCUT2D eigenvalue weighted by Gasteiger charge is -2.15. The van der Waals surface area contributed by atoms with Crippen LogP contribution in [0.2, 0.25) is 0 Å². The lowest BCUT2D eigenvalue weighted by molar-refractivity contribution is -0.121. The van der Waals surface area contributed by atoms with Crippen molar-refractivity contribution in [3.8, 4) is 11.5 Å². The van der Waals surface area contributed by atoms with Gasteiger partial charge in [0.05, 0.1) is 13.7 Å². The molecule has 0 bridgehead atoms. The molecule has 4 heteroatoms. The highest BCUT2D eigenvalue weighted by molar-refractivity contribution is 5.75. The van der Waals surface area contributed by atoms with Crippen LogP contribution in [0.3, 0.4) is 0 Å². The van der Waals surface area contributed by atoms with Crippen LogP contribution >= 0.6 is 0 Å². The van der Waals surface area contributed by atoms with Crippen molar-refractivity contribution in [2.24, 2.45) is 5.92 Å². The number of ether oxygens (including phenoxy) is 2.